The van der Waals surface area contributed by atoms with Crippen LogP contribution >= 0.6 is 0 Å². The summed E-state index contributed by atoms with van der Waals surface area (Å²) in [5, 5.41) is 8.89. The van der Waals surface area contributed by atoms with E-state index in [1.807, 2.05) is 6.07 Å². The van der Waals surface area contributed by atoms with Crippen molar-refractivity contribution >= 4 is 5.91 Å². The molecule has 140 valence electrons. The highest BCUT2D eigenvalue weighted by atomic mass is 19.4. The van der Waals surface area contributed by atoms with Gasteiger partial charge in [-0.05, 0) is 23.8 Å². The fourth-order valence-electron chi connectivity index (χ4n) is 2.86. The van der Waals surface area contributed by atoms with Crippen LogP contribution in [0.15, 0.2) is 42.6 Å². The first kappa shape index (κ1) is 18.7. The molecule has 1 aromatic heterocycles. The summed E-state index contributed by atoms with van der Waals surface area (Å²) in [7, 11) is 0. The summed E-state index contributed by atoms with van der Waals surface area (Å²) in [6.07, 6.45) is -2.48. The summed E-state index contributed by atoms with van der Waals surface area (Å²) in [6, 6.07) is 9.71. The van der Waals surface area contributed by atoms with Crippen LogP contribution in [0.2, 0.25) is 0 Å². The minimum Gasteiger partial charge on any atom is -0.472 e. The van der Waals surface area contributed by atoms with E-state index in [-0.39, 0.29) is 18.4 Å². The SMILES string of the molecule is N#Cc1ccnc(OC2CCN(C(=O)Cc3ccc(C(F)(F)F)cc3)C2)c1. The first-order chi connectivity index (χ1) is 12.8. The highest BCUT2D eigenvalue weighted by molar-refractivity contribution is 5.79. The molecule has 1 aromatic carbocycles. The number of amides is 1. The van der Waals surface area contributed by atoms with Crippen molar-refractivity contribution in [3.8, 4) is 11.9 Å². The third-order valence-electron chi connectivity index (χ3n) is 4.29. The number of nitrogens with zero attached hydrogens (tertiary/aromatic N) is 3. The van der Waals surface area contributed by atoms with Gasteiger partial charge in [0.15, 0.2) is 0 Å². The number of carbonyl (C=O) groups excluding carboxylic acids is 1. The molecule has 27 heavy (non-hydrogen) atoms. The standard InChI is InChI=1S/C19H16F3N3O2/c20-19(21,22)15-3-1-13(2-4-15)10-18(26)25-8-6-16(12-25)27-17-9-14(11-23)5-7-24-17/h1-5,7,9,16H,6,8,10,12H2. The minimum atomic E-state index is -4.39. The van der Waals surface area contributed by atoms with Crippen molar-refractivity contribution in [3.05, 3.63) is 59.3 Å². The predicted molar refractivity (Wildman–Crippen MR) is 89.7 cm³/mol. The summed E-state index contributed by atoms with van der Waals surface area (Å²) in [5.74, 6) is 0.163. The summed E-state index contributed by atoms with van der Waals surface area (Å²) < 4.78 is 43.5. The largest absolute Gasteiger partial charge is 0.472 e. The lowest BCUT2D eigenvalue weighted by Gasteiger charge is -2.17. The number of aromatic nitrogens is 1. The molecule has 1 atom stereocenters. The molecule has 0 bridgehead atoms. The van der Waals surface area contributed by atoms with Crippen molar-refractivity contribution in [1.82, 2.24) is 9.88 Å². The number of likely N-dealkylation sites (tertiary alicyclic amines) is 1. The fraction of sp³-hybridized carbons (Fsp3) is 0.316. The summed E-state index contributed by atoms with van der Waals surface area (Å²) in [4.78, 5) is 18.1. The maximum absolute atomic E-state index is 12.6. The molecule has 1 fully saturated rings. The molecule has 1 amide bonds. The third-order valence-corrected chi connectivity index (χ3v) is 4.29. The van der Waals surface area contributed by atoms with E-state index in [0.717, 1.165) is 12.1 Å². The molecule has 2 heterocycles. The molecule has 8 heteroatoms. The smallest absolute Gasteiger partial charge is 0.416 e. The minimum absolute atomic E-state index is 0.0347. The zero-order chi connectivity index (χ0) is 19.4. The molecule has 0 saturated carbocycles. The molecule has 1 saturated heterocycles. The number of pyridine rings is 1. The Hall–Kier alpha value is -3.08. The van der Waals surface area contributed by atoms with Gasteiger partial charge in [0.05, 0.1) is 30.2 Å². The van der Waals surface area contributed by atoms with Gasteiger partial charge in [-0.1, -0.05) is 12.1 Å². The normalized spacial score (nSPS) is 16.8. The van der Waals surface area contributed by atoms with Crippen LogP contribution in [0.5, 0.6) is 5.88 Å². The van der Waals surface area contributed by atoms with Crippen LogP contribution in [0.4, 0.5) is 13.2 Å². The first-order valence-electron chi connectivity index (χ1n) is 8.32. The lowest BCUT2D eigenvalue weighted by molar-refractivity contribution is -0.137. The predicted octanol–water partition coefficient (Wildman–Crippen LogP) is 3.19. The number of hydrogen-bond donors (Lipinski definition) is 0. The molecule has 5 nitrogen and oxygen atoms in total. The molecule has 3 rings (SSSR count). The Balaban J connectivity index is 1.55. The number of benzene rings is 1. The van der Waals surface area contributed by atoms with E-state index in [4.69, 9.17) is 10.00 Å². The first-order valence-corrected chi connectivity index (χ1v) is 8.32. The van der Waals surface area contributed by atoms with Gasteiger partial charge in [0.2, 0.25) is 11.8 Å². The van der Waals surface area contributed by atoms with Crippen LogP contribution in [-0.4, -0.2) is 35.0 Å². The van der Waals surface area contributed by atoms with E-state index in [0.29, 0.717) is 36.5 Å². The van der Waals surface area contributed by atoms with E-state index < -0.39 is 11.7 Å². The maximum Gasteiger partial charge on any atom is 0.416 e. The Morgan fingerprint density at radius 1 is 1.30 bits per heavy atom. The molecule has 0 radical (unpaired) electrons. The summed E-state index contributed by atoms with van der Waals surface area (Å²) in [6.45, 7) is 0.875. The average molecular weight is 375 g/mol. The van der Waals surface area contributed by atoms with E-state index in [1.165, 1.54) is 24.4 Å². The fourth-order valence-corrected chi connectivity index (χ4v) is 2.86. The van der Waals surface area contributed by atoms with E-state index >= 15 is 0 Å². The molecule has 0 N–H and O–H groups in total. The highest BCUT2D eigenvalue weighted by Gasteiger charge is 2.31. The Labute approximate surface area is 154 Å². The quantitative estimate of drug-likeness (QED) is 0.823. The second-order valence-electron chi connectivity index (χ2n) is 6.23. The van der Waals surface area contributed by atoms with Gasteiger partial charge in [0.25, 0.3) is 0 Å². The molecule has 0 aliphatic carbocycles. The molecule has 2 aromatic rings. The maximum atomic E-state index is 12.6. The van der Waals surface area contributed by atoms with Crippen LogP contribution in [0, 0.1) is 11.3 Å². The lowest BCUT2D eigenvalue weighted by Crippen LogP contribution is -2.32. The van der Waals surface area contributed by atoms with Gasteiger partial charge in [0.1, 0.15) is 6.10 Å². The monoisotopic (exact) mass is 375 g/mol. The zero-order valence-electron chi connectivity index (χ0n) is 14.2. The molecule has 0 spiro atoms. The summed E-state index contributed by atoms with van der Waals surface area (Å²) in [5.41, 5.74) is 0.231. The third kappa shape index (κ3) is 4.76. The molecule has 1 unspecified atom stereocenters. The van der Waals surface area contributed by atoms with Crippen molar-refractivity contribution < 1.29 is 22.7 Å². The summed E-state index contributed by atoms with van der Waals surface area (Å²) >= 11 is 0. The number of ether oxygens (including phenoxy) is 1. The number of nitriles is 1. The van der Waals surface area contributed by atoms with Crippen molar-refractivity contribution in [2.24, 2.45) is 0 Å². The van der Waals surface area contributed by atoms with Gasteiger partial charge in [-0.2, -0.15) is 18.4 Å². The van der Waals surface area contributed by atoms with E-state index in [2.05, 4.69) is 4.98 Å². The van der Waals surface area contributed by atoms with Crippen LogP contribution < -0.4 is 4.74 Å². The van der Waals surface area contributed by atoms with Crippen molar-refractivity contribution in [3.63, 3.8) is 0 Å². The second kappa shape index (κ2) is 7.66. The molecular weight excluding hydrogens is 359 g/mol. The molecule has 1 aliphatic heterocycles. The number of hydrogen-bond acceptors (Lipinski definition) is 4. The van der Waals surface area contributed by atoms with Crippen molar-refractivity contribution in [2.75, 3.05) is 13.1 Å². The Kier molecular flexibility index (Phi) is 5.31. The Bertz CT molecular complexity index is 860. The van der Waals surface area contributed by atoms with Gasteiger partial charge in [-0.15, -0.1) is 0 Å². The number of rotatable bonds is 4. The van der Waals surface area contributed by atoms with Crippen LogP contribution in [0.25, 0.3) is 0 Å². The Morgan fingerprint density at radius 2 is 2.04 bits per heavy atom. The topological polar surface area (TPSA) is 66.2 Å². The Morgan fingerprint density at radius 3 is 2.70 bits per heavy atom. The van der Waals surface area contributed by atoms with Gasteiger partial charge in [0, 0.05) is 25.2 Å². The van der Waals surface area contributed by atoms with E-state index in [1.54, 1.807) is 11.0 Å². The zero-order valence-corrected chi connectivity index (χ0v) is 14.2. The van der Waals surface area contributed by atoms with Crippen LogP contribution in [0.3, 0.4) is 0 Å². The van der Waals surface area contributed by atoms with Crippen LogP contribution in [-0.2, 0) is 17.4 Å². The highest BCUT2D eigenvalue weighted by Crippen LogP contribution is 2.29. The van der Waals surface area contributed by atoms with Crippen molar-refractivity contribution in [1.29, 1.82) is 5.26 Å². The average Bonchev–Trinajstić information content (AvgIpc) is 3.10. The molecular formula is C19H16F3N3O2. The number of carbonyl (C=O) groups is 1. The second-order valence-corrected chi connectivity index (χ2v) is 6.23. The molecule has 1 aliphatic rings. The van der Waals surface area contributed by atoms with Gasteiger partial charge >= 0.3 is 6.18 Å². The van der Waals surface area contributed by atoms with Gasteiger partial charge in [-0.3, -0.25) is 4.79 Å². The van der Waals surface area contributed by atoms with Gasteiger partial charge in [-0.25, -0.2) is 4.98 Å². The number of halogens is 3. The van der Waals surface area contributed by atoms with Crippen LogP contribution in [0.1, 0.15) is 23.1 Å². The number of alkyl halides is 3. The lowest BCUT2D eigenvalue weighted by atomic mass is 10.1. The van der Waals surface area contributed by atoms with Gasteiger partial charge < -0.3 is 9.64 Å². The van der Waals surface area contributed by atoms with Crippen molar-refractivity contribution in [2.45, 2.75) is 25.1 Å². The van der Waals surface area contributed by atoms with E-state index in [9.17, 15) is 18.0 Å².